The van der Waals surface area contributed by atoms with Gasteiger partial charge in [0.05, 0.1) is 16.3 Å². The summed E-state index contributed by atoms with van der Waals surface area (Å²) in [5, 5.41) is 13.2. The van der Waals surface area contributed by atoms with Gasteiger partial charge in [0.2, 0.25) is 0 Å². The van der Waals surface area contributed by atoms with Crippen molar-refractivity contribution in [3.63, 3.8) is 0 Å². The van der Waals surface area contributed by atoms with Crippen molar-refractivity contribution >= 4 is 32.8 Å². The third-order valence-corrected chi connectivity index (χ3v) is 5.52. The molecule has 0 atom stereocenters. The van der Waals surface area contributed by atoms with Crippen LogP contribution in [0.25, 0.3) is 21.2 Å². The van der Waals surface area contributed by atoms with Crippen LogP contribution in [0.4, 0.5) is 5.69 Å². The molecule has 3 heteroatoms. The van der Waals surface area contributed by atoms with E-state index in [0.29, 0.717) is 5.71 Å². The van der Waals surface area contributed by atoms with Gasteiger partial charge >= 0.3 is 0 Å². The van der Waals surface area contributed by atoms with Gasteiger partial charge in [-0.1, -0.05) is 66.7 Å². The first-order chi connectivity index (χ1) is 12.3. The van der Waals surface area contributed by atoms with E-state index in [4.69, 9.17) is 5.41 Å². The Morgan fingerprint density at radius 2 is 1.56 bits per heavy atom. The first kappa shape index (κ1) is 15.6. The fourth-order valence-corrected chi connectivity index (χ4v) is 4.27. The van der Waals surface area contributed by atoms with E-state index < -0.39 is 0 Å². The van der Waals surface area contributed by atoms with Crippen LogP contribution in [-0.2, 0) is 0 Å². The molecule has 4 aromatic rings. The molecule has 0 spiro atoms. The number of anilines is 1. The lowest BCUT2D eigenvalue weighted by molar-refractivity contribution is 1.47. The molecule has 0 unspecified atom stereocenters. The maximum atomic E-state index is 8.78. The molecule has 25 heavy (non-hydrogen) atoms. The fourth-order valence-electron chi connectivity index (χ4n) is 3.09. The highest BCUT2D eigenvalue weighted by atomic mass is 32.1. The second kappa shape index (κ2) is 6.54. The molecule has 0 radical (unpaired) electrons. The number of nitrogens with one attached hydrogen (secondary N) is 2. The van der Waals surface area contributed by atoms with Crippen molar-refractivity contribution in [3.8, 4) is 11.1 Å². The highest BCUT2D eigenvalue weighted by Gasteiger charge is 2.16. The summed E-state index contributed by atoms with van der Waals surface area (Å²) in [4.78, 5) is 0.980. The van der Waals surface area contributed by atoms with Crippen molar-refractivity contribution in [2.45, 2.75) is 0 Å². The Kier molecular flexibility index (Phi) is 4.08. The maximum absolute atomic E-state index is 8.78. The van der Waals surface area contributed by atoms with Gasteiger partial charge < -0.3 is 5.32 Å². The van der Waals surface area contributed by atoms with Crippen LogP contribution in [0.1, 0.15) is 10.4 Å². The van der Waals surface area contributed by atoms with Crippen molar-refractivity contribution < 1.29 is 0 Å². The molecular formula is C22H18N2S. The van der Waals surface area contributed by atoms with Crippen LogP contribution >= 0.6 is 11.3 Å². The predicted molar refractivity (Wildman–Crippen MR) is 109 cm³/mol. The van der Waals surface area contributed by atoms with E-state index in [1.807, 2.05) is 49.5 Å². The Balaban J connectivity index is 1.80. The summed E-state index contributed by atoms with van der Waals surface area (Å²) in [6.07, 6.45) is 0. The van der Waals surface area contributed by atoms with Gasteiger partial charge in [0, 0.05) is 22.7 Å². The zero-order valence-corrected chi connectivity index (χ0v) is 14.7. The highest BCUT2D eigenvalue weighted by molar-refractivity contribution is 7.21. The van der Waals surface area contributed by atoms with Gasteiger partial charge in [-0.2, -0.15) is 0 Å². The summed E-state index contributed by atoms with van der Waals surface area (Å²) < 4.78 is 1.20. The lowest BCUT2D eigenvalue weighted by Gasteiger charge is -2.08. The van der Waals surface area contributed by atoms with Crippen LogP contribution in [0.3, 0.4) is 0 Å². The van der Waals surface area contributed by atoms with Gasteiger partial charge in [-0.3, -0.25) is 5.41 Å². The monoisotopic (exact) mass is 342 g/mol. The average Bonchev–Trinajstić information content (AvgIpc) is 3.07. The number of benzene rings is 3. The summed E-state index contributed by atoms with van der Waals surface area (Å²) in [6, 6.07) is 26.8. The number of hydrogen-bond acceptors (Lipinski definition) is 3. The molecule has 0 saturated carbocycles. The topological polar surface area (TPSA) is 35.9 Å². The summed E-state index contributed by atoms with van der Waals surface area (Å²) in [7, 11) is 1.92. The molecule has 0 fully saturated rings. The van der Waals surface area contributed by atoms with Crippen LogP contribution in [0.15, 0.2) is 78.9 Å². The van der Waals surface area contributed by atoms with Gasteiger partial charge in [0.25, 0.3) is 0 Å². The second-order valence-electron chi connectivity index (χ2n) is 5.87. The van der Waals surface area contributed by atoms with E-state index in [9.17, 15) is 0 Å². The van der Waals surface area contributed by atoms with Crippen molar-refractivity contribution in [3.05, 3.63) is 89.3 Å². The first-order valence-electron chi connectivity index (χ1n) is 8.22. The molecular weight excluding hydrogens is 324 g/mol. The molecule has 0 bridgehead atoms. The van der Waals surface area contributed by atoms with Crippen molar-refractivity contribution in [1.82, 2.24) is 0 Å². The van der Waals surface area contributed by atoms with Gasteiger partial charge in [0.1, 0.15) is 0 Å². The maximum Gasteiger partial charge on any atom is 0.0806 e. The van der Waals surface area contributed by atoms with E-state index in [2.05, 4.69) is 41.7 Å². The molecule has 1 aromatic heterocycles. The van der Waals surface area contributed by atoms with Crippen LogP contribution < -0.4 is 5.32 Å². The molecule has 4 rings (SSSR count). The van der Waals surface area contributed by atoms with E-state index >= 15 is 0 Å². The van der Waals surface area contributed by atoms with E-state index in [1.54, 1.807) is 11.3 Å². The molecule has 0 amide bonds. The summed E-state index contributed by atoms with van der Waals surface area (Å²) in [6.45, 7) is 0. The molecule has 0 aliphatic heterocycles. The van der Waals surface area contributed by atoms with Crippen LogP contribution in [-0.4, -0.2) is 12.8 Å². The Bertz CT molecular complexity index is 1050. The molecule has 122 valence electrons. The summed E-state index contributed by atoms with van der Waals surface area (Å²) in [5.41, 5.74) is 4.83. The van der Waals surface area contributed by atoms with Crippen molar-refractivity contribution in [2.75, 3.05) is 12.4 Å². The quantitative estimate of drug-likeness (QED) is 0.437. The van der Waals surface area contributed by atoms with Gasteiger partial charge in [0.15, 0.2) is 0 Å². The lowest BCUT2D eigenvalue weighted by atomic mass is 10.00. The summed E-state index contributed by atoms with van der Waals surface area (Å²) >= 11 is 1.67. The molecule has 0 aliphatic rings. The largest absolute Gasteiger partial charge is 0.386 e. The van der Waals surface area contributed by atoms with Crippen molar-refractivity contribution in [1.29, 1.82) is 5.41 Å². The minimum absolute atomic E-state index is 0.559. The normalized spacial score (nSPS) is 10.8. The smallest absolute Gasteiger partial charge is 0.0806 e. The van der Waals surface area contributed by atoms with Crippen LogP contribution in [0.5, 0.6) is 0 Å². The van der Waals surface area contributed by atoms with Crippen LogP contribution in [0.2, 0.25) is 0 Å². The summed E-state index contributed by atoms with van der Waals surface area (Å²) in [5.74, 6) is 0. The number of fused-ring (bicyclic) bond motifs is 1. The predicted octanol–water partition coefficient (Wildman–Crippen LogP) is 6.03. The second-order valence-corrected chi connectivity index (χ2v) is 6.93. The van der Waals surface area contributed by atoms with Crippen LogP contribution in [0, 0.1) is 5.41 Å². The third-order valence-electron chi connectivity index (χ3n) is 4.33. The Morgan fingerprint density at radius 3 is 2.36 bits per heavy atom. The highest BCUT2D eigenvalue weighted by Crippen LogP contribution is 2.37. The average molecular weight is 342 g/mol. The zero-order valence-electron chi connectivity index (χ0n) is 13.9. The number of thiophene rings is 1. The Morgan fingerprint density at radius 1 is 0.840 bits per heavy atom. The number of hydrogen-bond donors (Lipinski definition) is 2. The molecule has 1 heterocycles. The van der Waals surface area contributed by atoms with Crippen molar-refractivity contribution in [2.24, 2.45) is 0 Å². The van der Waals surface area contributed by atoms with E-state index in [-0.39, 0.29) is 0 Å². The number of rotatable bonds is 4. The molecule has 3 aromatic carbocycles. The molecule has 0 aliphatic carbocycles. The van der Waals surface area contributed by atoms with E-state index in [1.165, 1.54) is 15.6 Å². The first-order valence-corrected chi connectivity index (χ1v) is 9.03. The standard InChI is InChI=1S/C22H18N2S/c1-24-21-18-12-5-6-13-19(18)25-22(21)20(23)17-11-7-10-16(14-17)15-8-3-2-4-9-15/h2-14,23-24H,1H3. The lowest BCUT2D eigenvalue weighted by Crippen LogP contribution is -2.02. The third kappa shape index (κ3) is 2.83. The van der Waals surface area contributed by atoms with Gasteiger partial charge in [-0.25, -0.2) is 0 Å². The molecule has 2 N–H and O–H groups in total. The zero-order chi connectivity index (χ0) is 17.2. The SMILES string of the molecule is CNc1c(C(=N)c2cccc(-c3ccccc3)c2)sc2ccccc12. The van der Waals surface area contributed by atoms with Gasteiger partial charge in [-0.05, 0) is 23.3 Å². The Hall–Kier alpha value is -2.91. The minimum Gasteiger partial charge on any atom is -0.386 e. The molecule has 2 nitrogen and oxygen atoms in total. The molecule has 0 saturated heterocycles. The Labute approximate surface area is 151 Å². The minimum atomic E-state index is 0.559. The van der Waals surface area contributed by atoms with E-state index in [0.717, 1.165) is 21.7 Å². The fraction of sp³-hybridized carbons (Fsp3) is 0.0455. The van der Waals surface area contributed by atoms with Gasteiger partial charge in [-0.15, -0.1) is 11.3 Å².